The van der Waals surface area contributed by atoms with Crippen LogP contribution in [0.15, 0.2) is 59.5 Å². The molecule has 2 unspecified atom stereocenters. The summed E-state index contributed by atoms with van der Waals surface area (Å²) < 4.78 is 17.3. The predicted molar refractivity (Wildman–Crippen MR) is 186 cm³/mol. The molecule has 6 rings (SSSR count). The number of carbonyl (C=O) groups is 2. The molecule has 3 aromatic rings. The third-order valence-corrected chi connectivity index (χ3v) is 11.2. The number of piperidine rings is 1. The van der Waals surface area contributed by atoms with Crippen LogP contribution in [0.2, 0.25) is 0 Å². The number of imidazole rings is 1. The number of nitrogens with zero attached hydrogens (tertiary/aromatic N) is 5. The first kappa shape index (κ1) is 33.3. The fourth-order valence-electron chi connectivity index (χ4n) is 6.87. The number of halogens is 1. The van der Waals surface area contributed by atoms with Gasteiger partial charge in [-0.3, -0.25) is 14.2 Å². The Morgan fingerprint density at radius 2 is 1.66 bits per heavy atom. The molecule has 2 aromatic carbocycles. The number of hydrogen-bond acceptors (Lipinski definition) is 6. The van der Waals surface area contributed by atoms with Gasteiger partial charge in [-0.2, -0.15) is 0 Å². The van der Waals surface area contributed by atoms with Crippen molar-refractivity contribution in [2.24, 2.45) is 5.41 Å². The number of aromatic amines is 1. The number of aromatic nitrogens is 2. The molecule has 47 heavy (non-hydrogen) atoms. The van der Waals surface area contributed by atoms with Gasteiger partial charge < -0.3 is 24.6 Å². The number of anilines is 1. The van der Waals surface area contributed by atoms with Crippen molar-refractivity contribution in [3.63, 3.8) is 0 Å². The summed E-state index contributed by atoms with van der Waals surface area (Å²) in [5, 5.41) is -0.896. The number of likely N-dealkylation sites (tertiary alicyclic amines) is 1. The first-order chi connectivity index (χ1) is 22.5. The van der Waals surface area contributed by atoms with Crippen molar-refractivity contribution in [2.75, 3.05) is 57.8 Å². The molecule has 4 heterocycles. The van der Waals surface area contributed by atoms with E-state index < -0.39 is 5.25 Å². The molecule has 1 aromatic heterocycles. The first-order valence-corrected chi connectivity index (χ1v) is 17.7. The van der Waals surface area contributed by atoms with Gasteiger partial charge in [0.1, 0.15) is 11.2 Å². The highest BCUT2D eigenvalue weighted by molar-refractivity contribution is 8.01. The smallest absolute Gasteiger partial charge is 0.326 e. The number of piperazine rings is 1. The average molecular weight is 663 g/mol. The minimum Gasteiger partial charge on any atom is -0.366 e. The molecule has 252 valence electrons. The van der Waals surface area contributed by atoms with Gasteiger partial charge in [-0.25, -0.2) is 9.18 Å². The molecule has 0 bridgehead atoms. The summed E-state index contributed by atoms with van der Waals surface area (Å²) in [6.07, 6.45) is 4.12. The lowest BCUT2D eigenvalue weighted by Gasteiger charge is -2.37. The third-order valence-electron chi connectivity index (χ3n) is 9.74. The Morgan fingerprint density at radius 1 is 0.957 bits per heavy atom. The second-order valence-corrected chi connectivity index (χ2v) is 15.6. The molecule has 9 nitrogen and oxygen atoms in total. The Morgan fingerprint density at radius 3 is 2.34 bits per heavy atom. The van der Waals surface area contributed by atoms with Crippen LogP contribution >= 0.6 is 11.8 Å². The first-order valence-electron chi connectivity index (χ1n) is 16.8. The maximum Gasteiger partial charge on any atom is 0.326 e. The van der Waals surface area contributed by atoms with Gasteiger partial charge in [0.15, 0.2) is 0 Å². The van der Waals surface area contributed by atoms with E-state index >= 15 is 4.39 Å². The summed E-state index contributed by atoms with van der Waals surface area (Å²) in [6, 6.07) is 15.0. The molecule has 0 spiro atoms. The number of likely N-dealkylation sites (N-methyl/N-ethyl adjacent to an activating group) is 1. The summed E-state index contributed by atoms with van der Waals surface area (Å²) in [5.41, 5.74) is 3.00. The van der Waals surface area contributed by atoms with E-state index in [-0.39, 0.29) is 46.6 Å². The number of hydrogen-bond donors (Lipinski definition) is 1. The van der Waals surface area contributed by atoms with Crippen LogP contribution < -0.4 is 10.6 Å². The monoisotopic (exact) mass is 662 g/mol. The zero-order valence-corrected chi connectivity index (χ0v) is 28.8. The standard InChI is InChI=1S/C36H47FN6O3S/c1-36(2,3)15-18-42-33(45)30(47-34(42)27-11-8-12-28(37)32(27)41-21-19-39(4)20-22-41)23-31(44)40-16-13-26(14-17-40)43-24-29(38-35(43)46)25-9-6-5-7-10-25/h5-12,24,26,30,34H,13-23H2,1-4H3,(H,38,46). The number of nitrogens with one attached hydrogen (secondary N) is 1. The minimum absolute atomic E-state index is 0.000919. The molecular weight excluding hydrogens is 616 g/mol. The largest absolute Gasteiger partial charge is 0.366 e. The summed E-state index contributed by atoms with van der Waals surface area (Å²) in [6.45, 7) is 11.2. The maximum atomic E-state index is 15.5. The summed E-state index contributed by atoms with van der Waals surface area (Å²) >= 11 is 1.49. The quantitative estimate of drug-likeness (QED) is 0.350. The molecule has 0 aliphatic carbocycles. The summed E-state index contributed by atoms with van der Waals surface area (Å²) in [7, 11) is 2.07. The lowest BCUT2D eigenvalue weighted by Crippen LogP contribution is -2.45. The van der Waals surface area contributed by atoms with Gasteiger partial charge >= 0.3 is 5.69 Å². The Balaban J connectivity index is 1.15. The van der Waals surface area contributed by atoms with Crippen LogP contribution in [-0.2, 0) is 9.59 Å². The van der Waals surface area contributed by atoms with E-state index in [2.05, 4.69) is 42.6 Å². The third kappa shape index (κ3) is 7.46. The lowest BCUT2D eigenvalue weighted by molar-refractivity contribution is -0.136. The van der Waals surface area contributed by atoms with Crippen LogP contribution in [0, 0.1) is 11.2 Å². The van der Waals surface area contributed by atoms with Crippen molar-refractivity contribution >= 4 is 29.3 Å². The van der Waals surface area contributed by atoms with E-state index in [1.807, 2.05) is 52.4 Å². The zero-order valence-electron chi connectivity index (χ0n) is 28.0. The molecule has 2 amide bonds. The minimum atomic E-state index is -0.533. The number of benzene rings is 2. The molecule has 11 heteroatoms. The normalized spacial score (nSPS) is 21.6. The molecule has 2 atom stereocenters. The van der Waals surface area contributed by atoms with E-state index in [1.54, 1.807) is 10.6 Å². The van der Waals surface area contributed by atoms with Crippen molar-refractivity contribution < 1.29 is 14.0 Å². The highest BCUT2D eigenvalue weighted by Gasteiger charge is 2.44. The van der Waals surface area contributed by atoms with Gasteiger partial charge in [0.2, 0.25) is 11.8 Å². The molecule has 0 radical (unpaired) electrons. The molecule has 3 aliphatic heterocycles. The number of H-pyrrole nitrogens is 1. The highest BCUT2D eigenvalue weighted by Crippen LogP contribution is 2.48. The molecular formula is C36H47FN6O3S. The summed E-state index contributed by atoms with van der Waals surface area (Å²) in [4.78, 5) is 51.5. The van der Waals surface area contributed by atoms with Crippen LogP contribution in [0.1, 0.15) is 63.4 Å². The molecule has 3 saturated heterocycles. The van der Waals surface area contributed by atoms with Crippen LogP contribution in [0.3, 0.4) is 0 Å². The van der Waals surface area contributed by atoms with E-state index in [0.717, 1.165) is 49.4 Å². The SMILES string of the molecule is CN1CCN(c2c(F)cccc2C2SC(CC(=O)N3CCC(n4cc(-c5ccccc5)[nH]c4=O)CC3)C(=O)N2CCC(C)(C)C)CC1. The van der Waals surface area contributed by atoms with Gasteiger partial charge in [-0.1, -0.05) is 63.2 Å². The van der Waals surface area contributed by atoms with E-state index in [0.29, 0.717) is 38.2 Å². The summed E-state index contributed by atoms with van der Waals surface area (Å²) in [5.74, 6) is -0.361. The van der Waals surface area contributed by atoms with Gasteiger partial charge in [-0.15, -0.1) is 11.8 Å². The van der Waals surface area contributed by atoms with Crippen molar-refractivity contribution in [1.82, 2.24) is 24.3 Å². The Kier molecular flexibility index (Phi) is 9.85. The number of amides is 2. The van der Waals surface area contributed by atoms with Crippen LogP contribution in [-0.4, -0.2) is 94.2 Å². The van der Waals surface area contributed by atoms with Crippen LogP contribution in [0.25, 0.3) is 11.3 Å². The average Bonchev–Trinajstić information content (AvgIpc) is 3.59. The molecule has 1 N–H and O–H groups in total. The van der Waals surface area contributed by atoms with Gasteiger partial charge in [0.25, 0.3) is 0 Å². The molecule has 0 saturated carbocycles. The fourth-order valence-corrected chi connectivity index (χ4v) is 8.36. The number of para-hydroxylation sites is 1. The van der Waals surface area contributed by atoms with Gasteiger partial charge in [0, 0.05) is 70.0 Å². The second-order valence-electron chi connectivity index (χ2n) is 14.3. The van der Waals surface area contributed by atoms with E-state index in [1.165, 1.54) is 17.8 Å². The number of carbonyl (C=O) groups excluding carboxylic acids is 2. The topological polar surface area (TPSA) is 84.9 Å². The van der Waals surface area contributed by atoms with E-state index in [9.17, 15) is 14.4 Å². The van der Waals surface area contributed by atoms with Crippen LogP contribution in [0.4, 0.5) is 10.1 Å². The number of rotatable bonds is 8. The maximum absolute atomic E-state index is 15.5. The molecule has 3 fully saturated rings. The Labute approximate surface area is 281 Å². The van der Waals surface area contributed by atoms with Gasteiger partial charge in [0.05, 0.1) is 16.6 Å². The molecule has 3 aliphatic rings. The van der Waals surface area contributed by atoms with Crippen molar-refractivity contribution in [3.05, 3.63) is 76.6 Å². The van der Waals surface area contributed by atoms with Crippen molar-refractivity contribution in [1.29, 1.82) is 0 Å². The van der Waals surface area contributed by atoms with E-state index in [4.69, 9.17) is 0 Å². The Bertz CT molecular complexity index is 1620. The fraction of sp³-hybridized carbons (Fsp3) is 0.528. The van der Waals surface area contributed by atoms with Crippen molar-refractivity contribution in [2.45, 2.75) is 63.1 Å². The highest BCUT2D eigenvalue weighted by atomic mass is 32.2. The predicted octanol–water partition coefficient (Wildman–Crippen LogP) is 5.37. The number of thioether (sulfide) groups is 1. The van der Waals surface area contributed by atoms with Crippen LogP contribution in [0.5, 0.6) is 0 Å². The lowest BCUT2D eigenvalue weighted by atomic mass is 9.92. The van der Waals surface area contributed by atoms with Crippen molar-refractivity contribution in [3.8, 4) is 11.3 Å². The Hall–Kier alpha value is -3.57. The second kappa shape index (κ2) is 13.9. The van der Waals surface area contributed by atoms with Gasteiger partial charge in [-0.05, 0) is 43.4 Å². The zero-order chi connectivity index (χ0) is 33.3.